The van der Waals surface area contributed by atoms with Gasteiger partial charge < -0.3 is 15.2 Å². The Balaban J connectivity index is 2.16. The molecule has 1 aromatic rings. The average Bonchev–Trinajstić information content (AvgIpc) is 2.41. The zero-order valence-electron chi connectivity index (χ0n) is 12.4. The highest BCUT2D eigenvalue weighted by Crippen LogP contribution is 2.18. The zero-order valence-corrected chi connectivity index (χ0v) is 12.4. The maximum atomic E-state index is 11.6. The van der Waals surface area contributed by atoms with Gasteiger partial charge in [-0.1, -0.05) is 30.5 Å². The fourth-order valence-electron chi connectivity index (χ4n) is 1.97. The first-order valence-corrected chi connectivity index (χ1v) is 7.21. The molecule has 1 amide bonds. The Bertz CT molecular complexity index is 418. The number of carbonyl (C=O) groups excluding carboxylic acids is 1. The van der Waals surface area contributed by atoms with Gasteiger partial charge in [0.25, 0.3) is 5.91 Å². The fraction of sp³-hybridized carbons (Fsp3) is 0.562. The van der Waals surface area contributed by atoms with Crippen LogP contribution in [0.4, 0.5) is 0 Å². The minimum atomic E-state index is -0.0906. The second-order valence-corrected chi connectivity index (χ2v) is 5.05. The number of aryl methyl sites for hydroxylation is 2. The molecule has 1 aromatic carbocycles. The van der Waals surface area contributed by atoms with E-state index in [1.165, 1.54) is 5.56 Å². The minimum Gasteiger partial charge on any atom is -0.484 e. The van der Waals surface area contributed by atoms with Crippen LogP contribution in [0, 0.1) is 13.8 Å². The Labute approximate surface area is 121 Å². The molecule has 4 nitrogen and oxygen atoms in total. The molecular weight excluding hydrogens is 254 g/mol. The third-order valence-corrected chi connectivity index (χ3v) is 3.10. The van der Waals surface area contributed by atoms with Gasteiger partial charge in [0, 0.05) is 13.2 Å². The number of amides is 1. The van der Waals surface area contributed by atoms with Crippen LogP contribution >= 0.6 is 0 Å². The van der Waals surface area contributed by atoms with Crippen molar-refractivity contribution in [1.82, 2.24) is 5.32 Å². The Morgan fingerprint density at radius 3 is 2.65 bits per heavy atom. The summed E-state index contributed by atoms with van der Waals surface area (Å²) in [5, 5.41) is 11.5. The molecule has 20 heavy (non-hydrogen) atoms. The van der Waals surface area contributed by atoms with Crippen LogP contribution in [-0.4, -0.2) is 30.8 Å². The number of benzene rings is 1. The van der Waals surface area contributed by atoms with Crippen molar-refractivity contribution in [2.75, 3.05) is 19.8 Å². The predicted octanol–water partition coefficient (Wildman–Crippen LogP) is 2.35. The van der Waals surface area contributed by atoms with Gasteiger partial charge in [-0.15, -0.1) is 0 Å². The maximum Gasteiger partial charge on any atom is 0.257 e. The van der Waals surface area contributed by atoms with Gasteiger partial charge in [0.05, 0.1) is 0 Å². The van der Waals surface area contributed by atoms with Crippen molar-refractivity contribution in [3.05, 3.63) is 29.3 Å². The van der Waals surface area contributed by atoms with Gasteiger partial charge in [0.1, 0.15) is 5.75 Å². The highest BCUT2D eigenvalue weighted by molar-refractivity contribution is 5.77. The van der Waals surface area contributed by atoms with Crippen LogP contribution in [-0.2, 0) is 4.79 Å². The summed E-state index contributed by atoms with van der Waals surface area (Å²) in [7, 11) is 0. The van der Waals surface area contributed by atoms with E-state index in [1.54, 1.807) is 0 Å². The predicted molar refractivity (Wildman–Crippen MR) is 80.0 cm³/mol. The molecule has 112 valence electrons. The average molecular weight is 279 g/mol. The highest BCUT2D eigenvalue weighted by atomic mass is 16.5. The van der Waals surface area contributed by atoms with Crippen LogP contribution in [0.1, 0.15) is 36.8 Å². The van der Waals surface area contributed by atoms with Crippen LogP contribution in [0.25, 0.3) is 0 Å². The van der Waals surface area contributed by atoms with Gasteiger partial charge in [-0.3, -0.25) is 4.79 Å². The van der Waals surface area contributed by atoms with Gasteiger partial charge in [-0.25, -0.2) is 0 Å². The fourth-order valence-corrected chi connectivity index (χ4v) is 1.97. The van der Waals surface area contributed by atoms with Crippen LogP contribution in [0.15, 0.2) is 18.2 Å². The van der Waals surface area contributed by atoms with E-state index in [4.69, 9.17) is 9.84 Å². The highest BCUT2D eigenvalue weighted by Gasteiger charge is 2.04. The van der Waals surface area contributed by atoms with Crippen molar-refractivity contribution in [1.29, 1.82) is 0 Å². The van der Waals surface area contributed by atoms with Gasteiger partial charge in [0.15, 0.2) is 6.61 Å². The summed E-state index contributed by atoms with van der Waals surface area (Å²) in [6.07, 6.45) is 3.81. The quantitative estimate of drug-likeness (QED) is 0.682. The van der Waals surface area contributed by atoms with Crippen molar-refractivity contribution in [3.63, 3.8) is 0 Å². The van der Waals surface area contributed by atoms with E-state index < -0.39 is 0 Å². The molecule has 0 spiro atoms. The van der Waals surface area contributed by atoms with Gasteiger partial charge in [0.2, 0.25) is 0 Å². The van der Waals surface area contributed by atoms with E-state index in [0.29, 0.717) is 6.54 Å². The molecule has 0 aromatic heterocycles. The number of aliphatic hydroxyl groups is 1. The lowest BCUT2D eigenvalue weighted by atomic mass is 10.1. The van der Waals surface area contributed by atoms with E-state index in [2.05, 4.69) is 5.32 Å². The summed E-state index contributed by atoms with van der Waals surface area (Å²) in [6, 6.07) is 5.91. The van der Waals surface area contributed by atoms with E-state index in [9.17, 15) is 4.79 Å². The third kappa shape index (κ3) is 6.57. The zero-order chi connectivity index (χ0) is 14.8. The minimum absolute atomic E-state index is 0.0561. The molecule has 0 atom stereocenters. The van der Waals surface area contributed by atoms with Crippen LogP contribution < -0.4 is 10.1 Å². The van der Waals surface area contributed by atoms with Crippen LogP contribution in [0.3, 0.4) is 0 Å². The number of hydrogen-bond acceptors (Lipinski definition) is 3. The molecule has 4 heteroatoms. The monoisotopic (exact) mass is 279 g/mol. The summed E-state index contributed by atoms with van der Waals surface area (Å²) >= 11 is 0. The summed E-state index contributed by atoms with van der Waals surface area (Å²) in [4.78, 5) is 11.6. The molecule has 0 aliphatic heterocycles. The van der Waals surface area contributed by atoms with Gasteiger partial charge in [-0.2, -0.15) is 0 Å². The number of nitrogens with one attached hydrogen (secondary N) is 1. The summed E-state index contributed by atoms with van der Waals surface area (Å²) in [5.41, 5.74) is 2.23. The van der Waals surface area contributed by atoms with Crippen LogP contribution in [0.2, 0.25) is 0 Å². The number of hydrogen-bond donors (Lipinski definition) is 2. The van der Waals surface area contributed by atoms with Crippen LogP contribution in [0.5, 0.6) is 5.75 Å². The van der Waals surface area contributed by atoms with Crippen molar-refractivity contribution < 1.29 is 14.6 Å². The molecule has 0 bridgehead atoms. The number of ether oxygens (including phenoxy) is 1. The molecule has 0 radical (unpaired) electrons. The molecule has 0 heterocycles. The Kier molecular flexibility index (Phi) is 7.73. The number of aliphatic hydroxyl groups excluding tert-OH is 1. The Morgan fingerprint density at radius 1 is 1.20 bits per heavy atom. The SMILES string of the molecule is Cc1ccc(OCC(=O)NCCCCCCO)c(C)c1. The molecular formula is C16H25NO3. The molecule has 1 rings (SSSR count). The van der Waals surface area contributed by atoms with Gasteiger partial charge >= 0.3 is 0 Å². The first-order chi connectivity index (χ1) is 9.63. The first-order valence-electron chi connectivity index (χ1n) is 7.21. The summed E-state index contributed by atoms with van der Waals surface area (Å²) in [5.74, 6) is 0.667. The molecule has 2 N–H and O–H groups in total. The molecule has 0 aliphatic rings. The van der Waals surface area contributed by atoms with E-state index in [0.717, 1.165) is 37.0 Å². The largest absolute Gasteiger partial charge is 0.484 e. The van der Waals surface area contributed by atoms with E-state index in [1.807, 2.05) is 32.0 Å². The van der Waals surface area contributed by atoms with Gasteiger partial charge in [-0.05, 0) is 38.3 Å². The Morgan fingerprint density at radius 2 is 1.95 bits per heavy atom. The maximum absolute atomic E-state index is 11.6. The number of unbranched alkanes of at least 4 members (excludes halogenated alkanes) is 3. The topological polar surface area (TPSA) is 58.6 Å². The number of rotatable bonds is 9. The molecule has 0 fully saturated rings. The molecule has 0 saturated heterocycles. The molecule has 0 saturated carbocycles. The lowest BCUT2D eigenvalue weighted by molar-refractivity contribution is -0.123. The van der Waals surface area contributed by atoms with Crippen molar-refractivity contribution in [2.24, 2.45) is 0 Å². The lowest BCUT2D eigenvalue weighted by Gasteiger charge is -2.10. The second kappa shape index (κ2) is 9.37. The van der Waals surface area contributed by atoms with Crippen molar-refractivity contribution >= 4 is 5.91 Å². The second-order valence-electron chi connectivity index (χ2n) is 5.05. The van der Waals surface area contributed by atoms with Crippen molar-refractivity contribution in [2.45, 2.75) is 39.5 Å². The normalized spacial score (nSPS) is 10.3. The van der Waals surface area contributed by atoms with Crippen molar-refractivity contribution in [3.8, 4) is 5.75 Å². The molecule has 0 unspecified atom stereocenters. The molecule has 0 aliphatic carbocycles. The summed E-state index contributed by atoms with van der Waals surface area (Å²) in [6.45, 7) is 4.97. The van der Waals surface area contributed by atoms with E-state index >= 15 is 0 Å². The number of carbonyl (C=O) groups is 1. The smallest absolute Gasteiger partial charge is 0.257 e. The Hall–Kier alpha value is -1.55. The van der Waals surface area contributed by atoms with E-state index in [-0.39, 0.29) is 19.1 Å². The third-order valence-electron chi connectivity index (χ3n) is 3.10. The summed E-state index contributed by atoms with van der Waals surface area (Å²) < 4.78 is 5.50. The first kappa shape index (κ1) is 16.5. The standard InChI is InChI=1S/C16H25NO3/c1-13-7-8-15(14(2)11-13)20-12-16(19)17-9-5-3-4-6-10-18/h7-8,11,18H,3-6,9-10,12H2,1-2H3,(H,17,19). The lowest BCUT2D eigenvalue weighted by Crippen LogP contribution is -2.29.